The maximum atomic E-state index is 12.7. The molecule has 0 unspecified atom stereocenters. The van der Waals surface area contributed by atoms with Crippen LogP contribution in [-0.2, 0) is 11.3 Å². The molecule has 1 atom stereocenters. The molecular weight excluding hydrogens is 314 g/mol. The van der Waals surface area contributed by atoms with Gasteiger partial charge in [0.2, 0.25) is 5.91 Å². The van der Waals surface area contributed by atoms with E-state index in [1.54, 1.807) is 0 Å². The van der Waals surface area contributed by atoms with Crippen LogP contribution in [0.5, 0.6) is 0 Å². The Hall–Kier alpha value is -2.66. The largest absolute Gasteiger partial charge is 0.341 e. The second-order valence-corrected chi connectivity index (χ2v) is 6.23. The zero-order valence-corrected chi connectivity index (χ0v) is 15.2. The molecular formula is C20H25N3O2. The zero-order chi connectivity index (χ0) is 18.4. The highest BCUT2D eigenvalue weighted by atomic mass is 16.2. The van der Waals surface area contributed by atoms with E-state index in [1.165, 1.54) is 18.2 Å². The molecule has 0 saturated carbocycles. The summed E-state index contributed by atoms with van der Waals surface area (Å²) in [5.74, 6) is -0.349. The van der Waals surface area contributed by atoms with E-state index < -0.39 is 12.1 Å². The van der Waals surface area contributed by atoms with Crippen LogP contribution in [0.2, 0.25) is 0 Å². The van der Waals surface area contributed by atoms with Crippen LogP contribution in [-0.4, -0.2) is 30.9 Å². The van der Waals surface area contributed by atoms with Gasteiger partial charge in [0.05, 0.1) is 0 Å². The molecule has 2 aromatic carbocycles. The highest BCUT2D eigenvalue weighted by molar-refractivity contribution is 5.97. The summed E-state index contributed by atoms with van der Waals surface area (Å²) >= 11 is 0. The van der Waals surface area contributed by atoms with E-state index in [9.17, 15) is 9.59 Å². The second kappa shape index (κ2) is 8.44. The van der Waals surface area contributed by atoms with Gasteiger partial charge in [-0.3, -0.25) is 15.0 Å². The number of benzene rings is 2. The lowest BCUT2D eigenvalue weighted by atomic mass is 10.0. The summed E-state index contributed by atoms with van der Waals surface area (Å²) in [4.78, 5) is 26.2. The first-order chi connectivity index (χ1) is 11.9. The van der Waals surface area contributed by atoms with Crippen molar-refractivity contribution in [2.24, 2.45) is 0 Å². The molecule has 0 heterocycles. The number of urea groups is 1. The molecule has 0 radical (unpaired) electrons. The number of amides is 3. The third-order valence-corrected chi connectivity index (χ3v) is 4.19. The predicted octanol–water partition coefficient (Wildman–Crippen LogP) is 2.93. The second-order valence-electron chi connectivity index (χ2n) is 6.23. The van der Waals surface area contributed by atoms with Gasteiger partial charge in [-0.1, -0.05) is 54.1 Å². The molecule has 2 aromatic rings. The van der Waals surface area contributed by atoms with Crippen LogP contribution < -0.4 is 10.6 Å². The third kappa shape index (κ3) is 4.90. The molecule has 132 valence electrons. The summed E-state index contributed by atoms with van der Waals surface area (Å²) in [6, 6.07) is 14.7. The molecule has 0 bridgehead atoms. The number of likely N-dealkylation sites (N-methyl/N-ethyl adjacent to an activating group) is 1. The number of hydrogen-bond donors (Lipinski definition) is 2. The van der Waals surface area contributed by atoms with Crippen LogP contribution in [0.15, 0.2) is 48.5 Å². The average molecular weight is 339 g/mol. The molecule has 5 nitrogen and oxygen atoms in total. The van der Waals surface area contributed by atoms with Gasteiger partial charge in [-0.15, -0.1) is 0 Å². The Bertz CT molecular complexity index is 744. The summed E-state index contributed by atoms with van der Waals surface area (Å²) in [5, 5.41) is 4.80. The maximum absolute atomic E-state index is 12.7. The monoisotopic (exact) mass is 339 g/mol. The van der Waals surface area contributed by atoms with Crippen LogP contribution in [0, 0.1) is 13.8 Å². The number of aryl methyl sites for hydroxylation is 2. The number of carbonyl (C=O) groups is 2. The number of imide groups is 1. The molecule has 0 aliphatic carbocycles. The van der Waals surface area contributed by atoms with E-state index in [-0.39, 0.29) is 5.91 Å². The van der Waals surface area contributed by atoms with Crippen molar-refractivity contribution in [1.82, 2.24) is 15.5 Å². The van der Waals surface area contributed by atoms with Crippen molar-refractivity contribution >= 4 is 11.9 Å². The van der Waals surface area contributed by atoms with Crippen LogP contribution in [0.1, 0.15) is 28.3 Å². The number of rotatable bonds is 5. The summed E-state index contributed by atoms with van der Waals surface area (Å²) in [5.41, 5.74) is 4.39. The molecule has 5 heteroatoms. The molecule has 0 aliphatic rings. The van der Waals surface area contributed by atoms with Crippen molar-refractivity contribution in [3.8, 4) is 0 Å². The highest BCUT2D eigenvalue weighted by Gasteiger charge is 2.26. The van der Waals surface area contributed by atoms with Gasteiger partial charge in [0, 0.05) is 13.6 Å². The van der Waals surface area contributed by atoms with Gasteiger partial charge >= 0.3 is 6.03 Å². The normalized spacial score (nSPS) is 11.9. The van der Waals surface area contributed by atoms with Gasteiger partial charge < -0.3 is 5.32 Å². The van der Waals surface area contributed by atoms with E-state index in [1.807, 2.05) is 42.3 Å². The van der Waals surface area contributed by atoms with Crippen molar-refractivity contribution in [2.75, 3.05) is 14.1 Å². The van der Waals surface area contributed by atoms with Crippen LogP contribution >= 0.6 is 0 Å². The zero-order valence-electron chi connectivity index (χ0n) is 15.2. The quantitative estimate of drug-likeness (QED) is 0.880. The first-order valence-electron chi connectivity index (χ1n) is 8.26. The van der Waals surface area contributed by atoms with E-state index in [2.05, 4.69) is 42.7 Å². The van der Waals surface area contributed by atoms with Gasteiger partial charge in [0.1, 0.15) is 6.04 Å². The minimum absolute atomic E-state index is 0.349. The van der Waals surface area contributed by atoms with Crippen molar-refractivity contribution in [2.45, 2.75) is 26.4 Å². The van der Waals surface area contributed by atoms with Crippen LogP contribution in [0.3, 0.4) is 0 Å². The summed E-state index contributed by atoms with van der Waals surface area (Å²) in [6.07, 6.45) is 0. The van der Waals surface area contributed by atoms with E-state index in [4.69, 9.17) is 0 Å². The fraction of sp³-hybridized carbons (Fsp3) is 0.300. The lowest BCUT2D eigenvalue weighted by molar-refractivity contribution is -0.125. The molecule has 25 heavy (non-hydrogen) atoms. The summed E-state index contributed by atoms with van der Waals surface area (Å²) in [7, 11) is 3.37. The van der Waals surface area contributed by atoms with Gasteiger partial charge in [0.15, 0.2) is 0 Å². The van der Waals surface area contributed by atoms with Gasteiger partial charge in [-0.25, -0.2) is 4.79 Å². The minimum atomic E-state index is -0.556. The van der Waals surface area contributed by atoms with Gasteiger partial charge in [-0.2, -0.15) is 0 Å². The molecule has 0 saturated heterocycles. The molecule has 0 aromatic heterocycles. The molecule has 0 fully saturated rings. The lowest BCUT2D eigenvalue weighted by Gasteiger charge is -2.28. The molecule has 0 spiro atoms. The fourth-order valence-electron chi connectivity index (χ4n) is 2.87. The number of nitrogens with one attached hydrogen (secondary N) is 2. The SMILES string of the molecule is CNC(=O)NC(=O)[C@@H](c1ccccc1)N(C)Cc1ccc(C)cc1C. The van der Waals surface area contributed by atoms with E-state index >= 15 is 0 Å². The Morgan fingerprint density at radius 2 is 1.76 bits per heavy atom. The standard InChI is InChI=1S/C20H25N3O2/c1-14-10-11-17(15(2)12-14)13-23(4)18(16-8-6-5-7-9-16)19(24)22-20(25)21-3/h5-12,18H,13H2,1-4H3,(H2,21,22,24,25)/t18-/m1/s1. The first-order valence-corrected chi connectivity index (χ1v) is 8.26. The van der Waals surface area contributed by atoms with Crippen LogP contribution in [0.25, 0.3) is 0 Å². The smallest absolute Gasteiger partial charge is 0.321 e. The van der Waals surface area contributed by atoms with Crippen molar-refractivity contribution < 1.29 is 9.59 Å². The first kappa shape index (κ1) is 18.7. The third-order valence-electron chi connectivity index (χ3n) is 4.19. The van der Waals surface area contributed by atoms with Crippen molar-refractivity contribution in [3.05, 3.63) is 70.8 Å². The van der Waals surface area contributed by atoms with Gasteiger partial charge in [-0.05, 0) is 37.6 Å². The number of carbonyl (C=O) groups excluding carboxylic acids is 2. The van der Waals surface area contributed by atoms with E-state index in [0.29, 0.717) is 6.54 Å². The molecule has 0 aliphatic heterocycles. The number of nitrogens with zero attached hydrogens (tertiary/aromatic N) is 1. The Balaban J connectivity index is 2.27. The van der Waals surface area contributed by atoms with Crippen LogP contribution in [0.4, 0.5) is 4.79 Å². The van der Waals surface area contributed by atoms with Crippen molar-refractivity contribution in [1.29, 1.82) is 0 Å². The van der Waals surface area contributed by atoms with E-state index in [0.717, 1.165) is 11.1 Å². The van der Waals surface area contributed by atoms with Gasteiger partial charge in [0.25, 0.3) is 0 Å². The Morgan fingerprint density at radius 3 is 2.36 bits per heavy atom. The number of hydrogen-bond acceptors (Lipinski definition) is 3. The minimum Gasteiger partial charge on any atom is -0.341 e. The summed E-state index contributed by atoms with van der Waals surface area (Å²) < 4.78 is 0. The average Bonchev–Trinajstić information content (AvgIpc) is 2.58. The van der Waals surface area contributed by atoms with Crippen molar-refractivity contribution in [3.63, 3.8) is 0 Å². The summed E-state index contributed by atoms with van der Waals surface area (Å²) in [6.45, 7) is 4.73. The molecule has 3 amide bonds. The Kier molecular flexibility index (Phi) is 6.31. The molecule has 2 rings (SSSR count). The topological polar surface area (TPSA) is 61.4 Å². The fourth-order valence-corrected chi connectivity index (χ4v) is 2.87. The maximum Gasteiger partial charge on any atom is 0.321 e. The Morgan fingerprint density at radius 1 is 1.08 bits per heavy atom. The highest BCUT2D eigenvalue weighted by Crippen LogP contribution is 2.23. The Labute approximate surface area is 149 Å². The molecule has 2 N–H and O–H groups in total. The predicted molar refractivity (Wildman–Crippen MR) is 99.2 cm³/mol. The lowest BCUT2D eigenvalue weighted by Crippen LogP contribution is -2.44.